The second-order valence-corrected chi connectivity index (χ2v) is 8.40. The third kappa shape index (κ3) is 3.43. The number of nitrogens with zero attached hydrogens (tertiary/aromatic N) is 3. The van der Waals surface area contributed by atoms with Crippen LogP contribution in [0.3, 0.4) is 0 Å². The number of imide groups is 1. The van der Waals surface area contributed by atoms with E-state index in [0.717, 1.165) is 4.90 Å². The summed E-state index contributed by atoms with van der Waals surface area (Å²) in [5.41, 5.74) is 1.25. The van der Waals surface area contributed by atoms with E-state index in [4.69, 9.17) is 28.0 Å². The average molecular weight is 484 g/mol. The third-order valence-corrected chi connectivity index (χ3v) is 6.34. The Morgan fingerprint density at radius 2 is 1.48 bits per heavy atom. The number of anilines is 2. The van der Waals surface area contributed by atoms with Crippen LogP contribution in [-0.4, -0.2) is 22.8 Å². The molecule has 10 heteroatoms. The summed E-state index contributed by atoms with van der Waals surface area (Å²) >= 11 is 12.6. The number of nitro groups is 1. The van der Waals surface area contributed by atoms with Crippen LogP contribution in [0.15, 0.2) is 72.8 Å². The molecule has 0 N–H and O–H groups in total. The lowest BCUT2D eigenvalue weighted by Crippen LogP contribution is -2.37. The van der Waals surface area contributed by atoms with Crippen molar-refractivity contribution in [2.24, 2.45) is 5.92 Å². The van der Waals surface area contributed by atoms with Gasteiger partial charge in [0.15, 0.2) is 6.10 Å². The molecule has 0 spiro atoms. The first-order chi connectivity index (χ1) is 15.9. The van der Waals surface area contributed by atoms with E-state index < -0.39 is 34.8 Å². The summed E-state index contributed by atoms with van der Waals surface area (Å²) in [6.45, 7) is 0. The van der Waals surface area contributed by atoms with E-state index in [-0.39, 0.29) is 21.4 Å². The van der Waals surface area contributed by atoms with Gasteiger partial charge < -0.3 is 0 Å². The van der Waals surface area contributed by atoms with Crippen LogP contribution < -0.4 is 9.96 Å². The van der Waals surface area contributed by atoms with Gasteiger partial charge in [-0.2, -0.15) is 0 Å². The number of fused-ring (bicyclic) bond motifs is 1. The lowest BCUT2D eigenvalue weighted by atomic mass is 9.90. The fourth-order valence-electron chi connectivity index (χ4n) is 4.27. The number of rotatable bonds is 4. The molecule has 33 heavy (non-hydrogen) atoms. The fourth-order valence-corrected chi connectivity index (χ4v) is 4.83. The molecule has 3 aromatic rings. The number of hydroxylamine groups is 1. The number of para-hydroxylation sites is 2. The molecule has 0 unspecified atom stereocenters. The van der Waals surface area contributed by atoms with Gasteiger partial charge in [0.25, 0.3) is 11.6 Å². The van der Waals surface area contributed by atoms with Crippen LogP contribution in [-0.2, 0) is 14.4 Å². The van der Waals surface area contributed by atoms with Gasteiger partial charge in [0, 0.05) is 12.1 Å². The van der Waals surface area contributed by atoms with E-state index >= 15 is 0 Å². The molecule has 2 aliphatic rings. The topological polar surface area (TPSA) is 93.0 Å². The second-order valence-electron chi connectivity index (χ2n) is 7.59. The van der Waals surface area contributed by atoms with E-state index in [1.165, 1.54) is 17.2 Å². The van der Waals surface area contributed by atoms with Crippen molar-refractivity contribution in [2.75, 3.05) is 9.96 Å². The SMILES string of the molecule is O=C1[C@H]2[C@@H](ON(c3ccccc3)[C@H]2c2ccc([N+](=O)[O-])cc2)C(=O)N1c1c(Cl)cccc1Cl. The standard InChI is InChI=1S/C23H15Cl2N3O5/c24-16-7-4-8-17(25)20(16)26-22(29)18-19(13-9-11-15(12-10-13)28(31)32)27(33-21(18)23(26)30)14-5-2-1-3-6-14/h1-12,18-19,21H/t18-,19+,21-/m1/s1. The zero-order valence-corrected chi connectivity index (χ0v) is 18.3. The van der Waals surface area contributed by atoms with Crippen LogP contribution >= 0.6 is 23.2 Å². The predicted molar refractivity (Wildman–Crippen MR) is 122 cm³/mol. The highest BCUT2D eigenvalue weighted by atomic mass is 35.5. The molecule has 2 saturated heterocycles. The molecule has 0 aliphatic carbocycles. The zero-order chi connectivity index (χ0) is 23.3. The van der Waals surface area contributed by atoms with Crippen LogP contribution in [0.2, 0.25) is 10.0 Å². The van der Waals surface area contributed by atoms with Crippen molar-refractivity contribution in [1.29, 1.82) is 0 Å². The predicted octanol–water partition coefficient (Wildman–Crippen LogP) is 4.95. The second kappa shape index (κ2) is 8.15. The van der Waals surface area contributed by atoms with Gasteiger partial charge in [0.05, 0.1) is 32.4 Å². The maximum Gasteiger partial charge on any atom is 0.269 e. The first-order valence-corrected chi connectivity index (χ1v) is 10.7. The van der Waals surface area contributed by atoms with Crippen molar-refractivity contribution in [3.63, 3.8) is 0 Å². The van der Waals surface area contributed by atoms with Gasteiger partial charge >= 0.3 is 0 Å². The number of non-ortho nitro benzene ring substituents is 1. The number of amides is 2. The number of hydrogen-bond donors (Lipinski definition) is 0. The molecule has 8 nitrogen and oxygen atoms in total. The molecule has 2 fully saturated rings. The van der Waals surface area contributed by atoms with Crippen molar-refractivity contribution in [3.05, 3.63) is 98.5 Å². The first-order valence-electron chi connectivity index (χ1n) is 9.95. The number of carbonyl (C=O) groups is 2. The Morgan fingerprint density at radius 3 is 2.09 bits per heavy atom. The number of carbonyl (C=O) groups excluding carboxylic acids is 2. The summed E-state index contributed by atoms with van der Waals surface area (Å²) in [7, 11) is 0. The minimum Gasteiger partial charge on any atom is -0.273 e. The maximum absolute atomic E-state index is 13.6. The Morgan fingerprint density at radius 1 is 0.848 bits per heavy atom. The van der Waals surface area contributed by atoms with Gasteiger partial charge in [0.2, 0.25) is 5.91 Å². The van der Waals surface area contributed by atoms with Gasteiger partial charge in [-0.3, -0.25) is 24.5 Å². The molecular formula is C23H15Cl2N3O5. The highest BCUT2D eigenvalue weighted by Gasteiger charge is 2.60. The Hall–Kier alpha value is -3.46. The summed E-state index contributed by atoms with van der Waals surface area (Å²) in [4.78, 5) is 44.6. The summed E-state index contributed by atoms with van der Waals surface area (Å²) in [6.07, 6.45) is -1.11. The lowest BCUT2D eigenvalue weighted by Gasteiger charge is -2.29. The van der Waals surface area contributed by atoms with E-state index in [9.17, 15) is 19.7 Å². The van der Waals surface area contributed by atoms with Gasteiger partial charge in [-0.25, -0.2) is 9.96 Å². The van der Waals surface area contributed by atoms with Gasteiger partial charge in [-0.15, -0.1) is 0 Å². The normalized spacial score (nSPS) is 22.1. The van der Waals surface area contributed by atoms with Crippen molar-refractivity contribution in [2.45, 2.75) is 12.1 Å². The van der Waals surface area contributed by atoms with Crippen molar-refractivity contribution >= 4 is 52.1 Å². The minimum atomic E-state index is -1.11. The van der Waals surface area contributed by atoms with Crippen LogP contribution in [0.25, 0.3) is 0 Å². The van der Waals surface area contributed by atoms with E-state index in [0.29, 0.717) is 11.3 Å². The zero-order valence-electron chi connectivity index (χ0n) is 16.8. The highest BCUT2D eigenvalue weighted by Crippen LogP contribution is 2.49. The van der Waals surface area contributed by atoms with Crippen LogP contribution in [0.5, 0.6) is 0 Å². The Bertz CT molecular complexity index is 1250. The summed E-state index contributed by atoms with van der Waals surface area (Å²) in [5.74, 6) is -2.00. The van der Waals surface area contributed by atoms with Crippen molar-refractivity contribution < 1.29 is 19.3 Å². The summed E-state index contributed by atoms with van der Waals surface area (Å²) in [6, 6.07) is 18.9. The molecule has 0 bridgehead atoms. The van der Waals surface area contributed by atoms with E-state index in [1.54, 1.807) is 54.6 Å². The molecule has 2 amide bonds. The third-order valence-electron chi connectivity index (χ3n) is 5.73. The molecule has 2 heterocycles. The van der Waals surface area contributed by atoms with Crippen LogP contribution in [0.4, 0.5) is 17.1 Å². The number of halogens is 2. The van der Waals surface area contributed by atoms with Gasteiger partial charge in [0.1, 0.15) is 5.92 Å². The number of benzene rings is 3. The smallest absolute Gasteiger partial charge is 0.269 e. The van der Waals surface area contributed by atoms with Crippen molar-refractivity contribution in [3.8, 4) is 0 Å². The molecule has 3 aromatic carbocycles. The summed E-state index contributed by atoms with van der Waals surface area (Å²) in [5, 5.41) is 12.9. The number of nitro benzene ring substituents is 1. The first kappa shape index (κ1) is 21.4. The van der Waals surface area contributed by atoms with Crippen molar-refractivity contribution in [1.82, 2.24) is 0 Å². The Kier molecular flexibility index (Phi) is 5.28. The highest BCUT2D eigenvalue weighted by molar-refractivity contribution is 6.42. The molecule has 5 rings (SSSR count). The quantitative estimate of drug-likeness (QED) is 0.296. The summed E-state index contributed by atoms with van der Waals surface area (Å²) < 4.78 is 0. The van der Waals surface area contributed by atoms with E-state index in [2.05, 4.69) is 0 Å². The monoisotopic (exact) mass is 483 g/mol. The van der Waals surface area contributed by atoms with Gasteiger partial charge in [-0.1, -0.05) is 59.6 Å². The Balaban J connectivity index is 1.60. The number of hydrogen-bond acceptors (Lipinski definition) is 6. The van der Waals surface area contributed by atoms with Gasteiger partial charge in [-0.05, 0) is 29.8 Å². The maximum atomic E-state index is 13.6. The molecule has 0 radical (unpaired) electrons. The molecule has 3 atom stereocenters. The lowest BCUT2D eigenvalue weighted by molar-refractivity contribution is -0.384. The van der Waals surface area contributed by atoms with Crippen LogP contribution in [0.1, 0.15) is 11.6 Å². The Labute approximate surface area is 198 Å². The molecule has 2 aliphatic heterocycles. The molecule has 0 aromatic heterocycles. The minimum absolute atomic E-state index is 0.0845. The van der Waals surface area contributed by atoms with Crippen LogP contribution in [0, 0.1) is 16.0 Å². The molecule has 166 valence electrons. The average Bonchev–Trinajstić information content (AvgIpc) is 3.31. The van der Waals surface area contributed by atoms with E-state index in [1.807, 2.05) is 6.07 Å². The molecular weight excluding hydrogens is 469 g/mol. The fraction of sp³-hybridized carbons (Fsp3) is 0.130. The molecule has 0 saturated carbocycles. The largest absolute Gasteiger partial charge is 0.273 e.